The quantitative estimate of drug-likeness (QED) is 0.718. The van der Waals surface area contributed by atoms with E-state index in [1.54, 1.807) is 19.1 Å². The molecule has 0 aromatic carbocycles. The maximum absolute atomic E-state index is 12.2. The number of amides is 1. The van der Waals surface area contributed by atoms with Crippen LogP contribution >= 0.6 is 0 Å². The highest BCUT2D eigenvalue weighted by atomic mass is 32.2. The third-order valence-electron chi connectivity index (χ3n) is 4.94. The average molecular weight is 333 g/mol. The van der Waals surface area contributed by atoms with E-state index in [4.69, 9.17) is 4.74 Å². The zero-order chi connectivity index (χ0) is 16.3. The Hall–Kier alpha value is -0.700. The van der Waals surface area contributed by atoms with Gasteiger partial charge < -0.3 is 9.64 Å². The van der Waals surface area contributed by atoms with Crippen molar-refractivity contribution in [2.45, 2.75) is 43.9 Å². The SMILES string of the molecule is CNS(=O)(=O)CC(=O)N(C)[C@@H]1CCC[C@@H]1N1CCC(OC)C1. The zero-order valence-corrected chi connectivity index (χ0v) is 14.4. The van der Waals surface area contributed by atoms with E-state index in [9.17, 15) is 13.2 Å². The number of likely N-dealkylation sites (N-methyl/N-ethyl adjacent to an activating group) is 1. The van der Waals surface area contributed by atoms with Crippen molar-refractivity contribution in [1.29, 1.82) is 0 Å². The summed E-state index contributed by atoms with van der Waals surface area (Å²) in [5.41, 5.74) is 0. The second kappa shape index (κ2) is 7.25. The largest absolute Gasteiger partial charge is 0.380 e. The van der Waals surface area contributed by atoms with Gasteiger partial charge in [0.15, 0.2) is 0 Å². The highest BCUT2D eigenvalue weighted by Gasteiger charge is 2.39. The fourth-order valence-corrected chi connectivity index (χ4v) is 4.24. The summed E-state index contributed by atoms with van der Waals surface area (Å²) in [6.45, 7) is 1.88. The lowest BCUT2D eigenvalue weighted by molar-refractivity contribution is -0.130. The lowest BCUT2D eigenvalue weighted by Crippen LogP contribution is -2.50. The second-order valence-corrected chi connectivity index (χ2v) is 8.10. The summed E-state index contributed by atoms with van der Waals surface area (Å²) in [4.78, 5) is 16.3. The molecule has 8 heteroatoms. The molecule has 1 saturated carbocycles. The van der Waals surface area contributed by atoms with Gasteiger partial charge in [-0.2, -0.15) is 0 Å². The number of likely N-dealkylation sites (tertiary alicyclic amines) is 1. The maximum atomic E-state index is 12.2. The van der Waals surface area contributed by atoms with Gasteiger partial charge in [0.1, 0.15) is 5.75 Å². The van der Waals surface area contributed by atoms with Crippen LogP contribution in [0.3, 0.4) is 0 Å². The number of rotatable bonds is 6. The normalized spacial score (nSPS) is 29.9. The van der Waals surface area contributed by atoms with E-state index < -0.39 is 15.8 Å². The van der Waals surface area contributed by atoms with Crippen LogP contribution in [0.15, 0.2) is 0 Å². The minimum absolute atomic E-state index is 0.0927. The van der Waals surface area contributed by atoms with E-state index in [-0.39, 0.29) is 18.1 Å². The van der Waals surface area contributed by atoms with Crippen molar-refractivity contribution in [3.05, 3.63) is 0 Å². The van der Waals surface area contributed by atoms with E-state index in [0.717, 1.165) is 38.8 Å². The van der Waals surface area contributed by atoms with E-state index >= 15 is 0 Å². The first-order valence-electron chi connectivity index (χ1n) is 7.81. The van der Waals surface area contributed by atoms with Crippen molar-refractivity contribution in [3.63, 3.8) is 0 Å². The van der Waals surface area contributed by atoms with Crippen LogP contribution in [0.1, 0.15) is 25.7 Å². The van der Waals surface area contributed by atoms with Crippen LogP contribution in [0.2, 0.25) is 0 Å². The van der Waals surface area contributed by atoms with Crippen molar-refractivity contribution in [2.24, 2.45) is 0 Å². The van der Waals surface area contributed by atoms with Crippen molar-refractivity contribution < 1.29 is 17.9 Å². The van der Waals surface area contributed by atoms with Crippen LogP contribution in [0.5, 0.6) is 0 Å². The molecule has 1 N–H and O–H groups in total. The molecular formula is C14H27N3O4S. The van der Waals surface area contributed by atoms with Gasteiger partial charge in [-0.15, -0.1) is 0 Å². The fraction of sp³-hybridized carbons (Fsp3) is 0.929. The van der Waals surface area contributed by atoms with Crippen LogP contribution in [-0.2, 0) is 19.6 Å². The van der Waals surface area contributed by atoms with Crippen molar-refractivity contribution in [1.82, 2.24) is 14.5 Å². The van der Waals surface area contributed by atoms with E-state index in [1.165, 1.54) is 7.05 Å². The Kier molecular flexibility index (Phi) is 5.81. The summed E-state index contributed by atoms with van der Waals surface area (Å²) in [6.07, 6.45) is 4.34. The molecule has 1 amide bonds. The second-order valence-electron chi connectivity index (χ2n) is 6.17. The van der Waals surface area contributed by atoms with Gasteiger partial charge in [-0.25, -0.2) is 13.1 Å². The van der Waals surface area contributed by atoms with Crippen molar-refractivity contribution in [3.8, 4) is 0 Å². The van der Waals surface area contributed by atoms with Crippen LogP contribution < -0.4 is 4.72 Å². The molecule has 0 bridgehead atoms. The van der Waals surface area contributed by atoms with Gasteiger partial charge in [-0.05, 0) is 32.7 Å². The number of carbonyl (C=O) groups excluding carboxylic acids is 1. The molecule has 1 heterocycles. The Labute approximate surface area is 133 Å². The number of carbonyl (C=O) groups is 1. The molecule has 7 nitrogen and oxygen atoms in total. The van der Waals surface area contributed by atoms with Crippen LogP contribution in [0.4, 0.5) is 0 Å². The van der Waals surface area contributed by atoms with Crippen LogP contribution in [0, 0.1) is 0 Å². The summed E-state index contributed by atoms with van der Waals surface area (Å²) < 4.78 is 30.7. The lowest BCUT2D eigenvalue weighted by atomic mass is 10.1. The number of methoxy groups -OCH3 is 1. The topological polar surface area (TPSA) is 79.0 Å². The van der Waals surface area contributed by atoms with Gasteiger partial charge in [0, 0.05) is 39.3 Å². The molecule has 0 aromatic rings. The molecule has 2 fully saturated rings. The number of nitrogens with one attached hydrogen (secondary N) is 1. The van der Waals surface area contributed by atoms with Gasteiger partial charge in [0.05, 0.1) is 6.10 Å². The first-order chi connectivity index (χ1) is 10.4. The Morgan fingerprint density at radius 1 is 1.36 bits per heavy atom. The monoisotopic (exact) mass is 333 g/mol. The van der Waals surface area contributed by atoms with Gasteiger partial charge in [-0.1, -0.05) is 0 Å². The molecule has 0 aromatic heterocycles. The van der Waals surface area contributed by atoms with Crippen molar-refractivity contribution >= 4 is 15.9 Å². The molecule has 1 aliphatic carbocycles. The van der Waals surface area contributed by atoms with Gasteiger partial charge >= 0.3 is 0 Å². The molecule has 2 aliphatic rings. The summed E-state index contributed by atoms with van der Waals surface area (Å²) in [5, 5.41) is 0. The fourth-order valence-electron chi connectivity index (χ4n) is 3.57. The zero-order valence-electron chi connectivity index (χ0n) is 13.6. The highest BCUT2D eigenvalue weighted by Crippen LogP contribution is 2.30. The summed E-state index contributed by atoms with van der Waals surface area (Å²) in [5.74, 6) is -0.821. The Bertz CT molecular complexity index is 496. The maximum Gasteiger partial charge on any atom is 0.239 e. The van der Waals surface area contributed by atoms with Gasteiger partial charge in [0.2, 0.25) is 15.9 Å². The molecule has 2 rings (SSSR count). The molecular weight excluding hydrogens is 306 g/mol. The Balaban J connectivity index is 1.99. The van der Waals surface area contributed by atoms with Crippen molar-refractivity contribution in [2.75, 3.05) is 40.0 Å². The predicted octanol–water partition coefficient (Wildman–Crippen LogP) is -0.364. The average Bonchev–Trinajstić information content (AvgIpc) is 3.14. The first kappa shape index (κ1) is 17.7. The van der Waals surface area contributed by atoms with Crippen LogP contribution in [0.25, 0.3) is 0 Å². The molecule has 0 spiro atoms. The minimum Gasteiger partial charge on any atom is -0.380 e. The lowest BCUT2D eigenvalue weighted by Gasteiger charge is -2.35. The minimum atomic E-state index is -3.52. The molecule has 128 valence electrons. The molecule has 1 saturated heterocycles. The predicted molar refractivity (Wildman–Crippen MR) is 84.0 cm³/mol. The van der Waals surface area contributed by atoms with Gasteiger partial charge in [0.25, 0.3) is 0 Å². The summed E-state index contributed by atoms with van der Waals surface area (Å²) in [7, 11) is 1.27. The third-order valence-corrected chi connectivity index (χ3v) is 6.19. The van der Waals surface area contributed by atoms with Gasteiger partial charge in [-0.3, -0.25) is 9.69 Å². The Morgan fingerprint density at radius 3 is 2.68 bits per heavy atom. The number of sulfonamides is 1. The summed E-state index contributed by atoms with van der Waals surface area (Å²) in [6, 6.07) is 0.404. The highest BCUT2D eigenvalue weighted by molar-refractivity contribution is 7.90. The molecule has 3 atom stereocenters. The Morgan fingerprint density at radius 2 is 2.09 bits per heavy atom. The number of ether oxygens (including phenoxy) is 1. The summed E-state index contributed by atoms with van der Waals surface area (Å²) >= 11 is 0. The number of hydrogen-bond donors (Lipinski definition) is 1. The smallest absolute Gasteiger partial charge is 0.239 e. The first-order valence-corrected chi connectivity index (χ1v) is 9.47. The van der Waals surface area contributed by atoms with E-state index in [1.807, 2.05) is 0 Å². The standard InChI is InChI=1S/C14H27N3O4S/c1-15-22(19,20)10-14(18)16(2)12-5-4-6-13(12)17-8-7-11(9-17)21-3/h11-13,15H,4-10H2,1-3H3/t11?,12-,13+/m1/s1. The van der Waals surface area contributed by atoms with Crippen LogP contribution in [-0.4, -0.2) is 82.4 Å². The number of nitrogens with zero attached hydrogens (tertiary/aromatic N) is 2. The molecule has 22 heavy (non-hydrogen) atoms. The molecule has 0 radical (unpaired) electrons. The van der Waals surface area contributed by atoms with E-state index in [2.05, 4.69) is 9.62 Å². The molecule has 1 unspecified atom stereocenters. The number of hydrogen-bond acceptors (Lipinski definition) is 5. The third kappa shape index (κ3) is 3.98. The molecule has 1 aliphatic heterocycles. The van der Waals surface area contributed by atoms with E-state index in [0.29, 0.717) is 6.04 Å².